The van der Waals surface area contributed by atoms with E-state index in [0.29, 0.717) is 29.6 Å². The molecule has 8 nitrogen and oxygen atoms in total. The third kappa shape index (κ3) is 4.72. The molecule has 0 amide bonds. The molecule has 0 saturated heterocycles. The van der Waals surface area contributed by atoms with Crippen molar-refractivity contribution in [3.63, 3.8) is 0 Å². The number of hydrogen-bond donors (Lipinski definition) is 0. The second-order valence-electron chi connectivity index (χ2n) is 9.21. The van der Waals surface area contributed by atoms with Crippen LogP contribution in [0.25, 0.3) is 0 Å². The van der Waals surface area contributed by atoms with Crippen molar-refractivity contribution in [3.8, 4) is 28.7 Å². The summed E-state index contributed by atoms with van der Waals surface area (Å²) in [6, 6.07) is 17.5. The first-order chi connectivity index (χ1) is 18.6. The molecule has 1 aliphatic carbocycles. The van der Waals surface area contributed by atoms with Crippen LogP contribution in [0.1, 0.15) is 47.4 Å². The zero-order valence-corrected chi connectivity index (χ0v) is 22.0. The third-order valence-electron chi connectivity index (χ3n) is 7.04. The summed E-state index contributed by atoms with van der Waals surface area (Å²) in [6.07, 6.45) is 0.888. The standard InChI is InChI=1S/C30H32O8/c1-5-12-35-20-8-9-21-23(14-20)28(22-10-7-19(33-3)15-25(22)36-16-32-2)29(30(31)34-4)27(21)18-6-11-24-26(13-18)38-17-37-24/h6-11,13-15,27-29H,5,12,16-17H2,1-4H3/t27-,28?,29?/m0/s1. The Morgan fingerprint density at radius 2 is 1.63 bits per heavy atom. The van der Waals surface area contributed by atoms with Crippen molar-refractivity contribution >= 4 is 5.97 Å². The van der Waals surface area contributed by atoms with Gasteiger partial charge in [-0.3, -0.25) is 4.79 Å². The summed E-state index contributed by atoms with van der Waals surface area (Å²) in [5.74, 6) is 1.74. The van der Waals surface area contributed by atoms with Gasteiger partial charge in [0, 0.05) is 30.6 Å². The summed E-state index contributed by atoms with van der Waals surface area (Å²) < 4.78 is 39.2. The van der Waals surface area contributed by atoms with Crippen LogP contribution in [0.2, 0.25) is 0 Å². The lowest BCUT2D eigenvalue weighted by Gasteiger charge is -2.26. The minimum absolute atomic E-state index is 0.0495. The SMILES string of the molecule is CCCOc1ccc2c(c1)C(c1ccc(OC)cc1OCOC)C(C(=O)OC)[C@H]2c1ccc2c(c1)OCO2. The lowest BCUT2D eigenvalue weighted by Crippen LogP contribution is -2.26. The molecule has 3 atom stereocenters. The summed E-state index contributed by atoms with van der Waals surface area (Å²) >= 11 is 0. The van der Waals surface area contributed by atoms with Crippen molar-refractivity contribution in [3.05, 3.63) is 76.9 Å². The van der Waals surface area contributed by atoms with Crippen molar-refractivity contribution in [2.45, 2.75) is 25.2 Å². The van der Waals surface area contributed by atoms with Gasteiger partial charge in [-0.25, -0.2) is 0 Å². The van der Waals surface area contributed by atoms with Gasteiger partial charge in [0.25, 0.3) is 0 Å². The van der Waals surface area contributed by atoms with E-state index in [4.69, 9.17) is 33.2 Å². The molecule has 0 N–H and O–H groups in total. The minimum Gasteiger partial charge on any atom is -0.497 e. The number of methoxy groups -OCH3 is 3. The maximum atomic E-state index is 13.6. The van der Waals surface area contributed by atoms with Gasteiger partial charge in [-0.05, 0) is 53.4 Å². The zero-order valence-electron chi connectivity index (χ0n) is 22.0. The summed E-state index contributed by atoms with van der Waals surface area (Å²) in [5.41, 5.74) is 3.75. The molecule has 1 aliphatic heterocycles. The predicted molar refractivity (Wildman–Crippen MR) is 139 cm³/mol. The molecule has 0 spiro atoms. The van der Waals surface area contributed by atoms with Gasteiger partial charge in [-0.2, -0.15) is 0 Å². The summed E-state index contributed by atoms with van der Waals surface area (Å²) in [6.45, 7) is 2.89. The molecule has 5 rings (SSSR count). The summed E-state index contributed by atoms with van der Waals surface area (Å²) in [5, 5.41) is 0. The number of hydrogen-bond acceptors (Lipinski definition) is 8. The highest BCUT2D eigenvalue weighted by molar-refractivity contribution is 5.80. The van der Waals surface area contributed by atoms with Crippen LogP contribution < -0.4 is 23.7 Å². The molecule has 3 aromatic carbocycles. The van der Waals surface area contributed by atoms with Crippen molar-refractivity contribution in [1.82, 2.24) is 0 Å². The van der Waals surface area contributed by atoms with E-state index in [9.17, 15) is 4.79 Å². The predicted octanol–water partition coefficient (Wildman–Crippen LogP) is 5.26. The highest BCUT2D eigenvalue weighted by atomic mass is 16.7. The van der Waals surface area contributed by atoms with Crippen LogP contribution in [0, 0.1) is 5.92 Å². The monoisotopic (exact) mass is 520 g/mol. The fourth-order valence-corrected chi connectivity index (χ4v) is 5.40. The highest BCUT2D eigenvalue weighted by Gasteiger charge is 2.48. The van der Waals surface area contributed by atoms with Gasteiger partial charge in [0.05, 0.1) is 26.7 Å². The van der Waals surface area contributed by atoms with Crippen LogP contribution in [-0.2, 0) is 14.3 Å². The van der Waals surface area contributed by atoms with Crippen molar-refractivity contribution in [1.29, 1.82) is 0 Å². The van der Waals surface area contributed by atoms with E-state index in [2.05, 4.69) is 6.92 Å². The maximum Gasteiger partial charge on any atom is 0.310 e. The highest BCUT2D eigenvalue weighted by Crippen LogP contribution is 2.56. The Labute approximate surface area is 222 Å². The second kappa shape index (κ2) is 11.2. The maximum absolute atomic E-state index is 13.6. The van der Waals surface area contributed by atoms with Crippen LogP contribution in [-0.4, -0.2) is 47.5 Å². The fourth-order valence-electron chi connectivity index (χ4n) is 5.40. The molecule has 38 heavy (non-hydrogen) atoms. The second-order valence-corrected chi connectivity index (χ2v) is 9.21. The molecular formula is C30H32O8. The molecule has 0 saturated carbocycles. The van der Waals surface area contributed by atoms with E-state index in [0.717, 1.165) is 34.4 Å². The Bertz CT molecular complexity index is 1300. The van der Waals surface area contributed by atoms with Crippen LogP contribution in [0.4, 0.5) is 0 Å². The van der Waals surface area contributed by atoms with Crippen LogP contribution in [0.5, 0.6) is 28.7 Å². The van der Waals surface area contributed by atoms with Crippen LogP contribution >= 0.6 is 0 Å². The van der Waals surface area contributed by atoms with Crippen molar-refractivity contribution in [2.24, 2.45) is 5.92 Å². The molecule has 2 aliphatic rings. The number of ether oxygens (including phenoxy) is 7. The van der Waals surface area contributed by atoms with Gasteiger partial charge >= 0.3 is 5.97 Å². The summed E-state index contributed by atoms with van der Waals surface area (Å²) in [7, 11) is 4.59. The van der Waals surface area contributed by atoms with Gasteiger partial charge in [0.15, 0.2) is 18.3 Å². The van der Waals surface area contributed by atoms with Gasteiger partial charge in [-0.1, -0.05) is 25.1 Å². The Balaban J connectivity index is 1.70. The number of carbonyl (C=O) groups is 1. The number of rotatable bonds is 10. The number of benzene rings is 3. The smallest absolute Gasteiger partial charge is 0.310 e. The summed E-state index contributed by atoms with van der Waals surface area (Å²) in [4.78, 5) is 13.6. The Morgan fingerprint density at radius 3 is 2.39 bits per heavy atom. The largest absolute Gasteiger partial charge is 0.497 e. The topological polar surface area (TPSA) is 81.7 Å². The minimum atomic E-state index is -0.574. The van der Waals surface area contributed by atoms with Gasteiger partial charge in [0.2, 0.25) is 6.79 Å². The van der Waals surface area contributed by atoms with Crippen molar-refractivity contribution in [2.75, 3.05) is 41.5 Å². The van der Waals surface area contributed by atoms with Gasteiger partial charge in [-0.15, -0.1) is 0 Å². The van der Waals surface area contributed by atoms with E-state index in [1.807, 2.05) is 54.6 Å². The normalized spacial score (nSPS) is 19.1. The average molecular weight is 521 g/mol. The molecule has 0 radical (unpaired) electrons. The Hall–Kier alpha value is -3.91. The van der Waals surface area contributed by atoms with E-state index >= 15 is 0 Å². The zero-order chi connectivity index (χ0) is 26.6. The van der Waals surface area contributed by atoms with E-state index in [1.54, 1.807) is 14.2 Å². The Morgan fingerprint density at radius 1 is 0.842 bits per heavy atom. The molecule has 0 bridgehead atoms. The first kappa shape index (κ1) is 25.7. The van der Waals surface area contributed by atoms with Crippen LogP contribution in [0.3, 0.4) is 0 Å². The fraction of sp³-hybridized carbons (Fsp3) is 0.367. The average Bonchev–Trinajstić information content (AvgIpc) is 3.56. The van der Waals surface area contributed by atoms with E-state index in [1.165, 1.54) is 7.11 Å². The van der Waals surface area contributed by atoms with E-state index in [-0.39, 0.29) is 31.4 Å². The molecular weight excluding hydrogens is 488 g/mol. The molecule has 1 heterocycles. The number of fused-ring (bicyclic) bond motifs is 2. The first-order valence-electron chi connectivity index (χ1n) is 12.6. The van der Waals surface area contributed by atoms with Crippen molar-refractivity contribution < 1.29 is 38.0 Å². The molecule has 200 valence electrons. The van der Waals surface area contributed by atoms with Gasteiger partial charge in [0.1, 0.15) is 17.2 Å². The lowest BCUT2D eigenvalue weighted by atomic mass is 9.79. The van der Waals surface area contributed by atoms with E-state index < -0.39 is 5.92 Å². The molecule has 2 unspecified atom stereocenters. The lowest BCUT2D eigenvalue weighted by molar-refractivity contribution is -0.146. The van der Waals surface area contributed by atoms with Crippen LogP contribution in [0.15, 0.2) is 54.6 Å². The third-order valence-corrected chi connectivity index (χ3v) is 7.04. The Kier molecular flexibility index (Phi) is 7.60. The molecule has 8 heteroatoms. The van der Waals surface area contributed by atoms with Gasteiger partial charge < -0.3 is 33.2 Å². The quantitative estimate of drug-likeness (QED) is 0.265. The first-order valence-corrected chi connectivity index (χ1v) is 12.6. The number of esters is 1. The molecule has 3 aromatic rings. The molecule has 0 aromatic heterocycles. The number of carbonyl (C=O) groups excluding carboxylic acids is 1. The molecule has 0 fully saturated rings.